The average molecular weight is 205 g/mol. The number of methoxy groups -OCH3 is 1. The first-order chi connectivity index (χ1) is 6.49. The van der Waals surface area contributed by atoms with Gasteiger partial charge in [-0.25, -0.2) is 0 Å². The summed E-state index contributed by atoms with van der Waals surface area (Å²) in [7, 11) is 5.09. The highest BCUT2D eigenvalue weighted by Gasteiger charge is 2.43. The van der Waals surface area contributed by atoms with Crippen molar-refractivity contribution >= 4 is 0 Å². The third kappa shape index (κ3) is 2.07. The topological polar surface area (TPSA) is 62.2 Å². The SMILES string of the molecule is CO[C@H]1O[C@@H](C)[C@@H](O)[C@H](N(C)C)[C@@H]1O. The van der Waals surface area contributed by atoms with Crippen LogP contribution >= 0.6 is 0 Å². The molecule has 1 saturated heterocycles. The number of aliphatic hydroxyl groups is 2. The quantitative estimate of drug-likeness (QED) is 0.607. The van der Waals surface area contributed by atoms with E-state index in [9.17, 15) is 10.2 Å². The Kier molecular flexibility index (Phi) is 3.86. The van der Waals surface area contributed by atoms with Crippen molar-refractivity contribution in [2.24, 2.45) is 0 Å². The fraction of sp³-hybridized carbons (Fsp3) is 1.00. The molecule has 0 aliphatic carbocycles. The van der Waals surface area contributed by atoms with Crippen LogP contribution in [-0.4, -0.2) is 67.0 Å². The molecule has 0 spiro atoms. The lowest BCUT2D eigenvalue weighted by molar-refractivity contribution is -0.272. The van der Waals surface area contributed by atoms with Gasteiger partial charge in [0.1, 0.15) is 6.10 Å². The number of aliphatic hydroxyl groups excluding tert-OH is 2. The van der Waals surface area contributed by atoms with Crippen LogP contribution in [0, 0.1) is 0 Å². The summed E-state index contributed by atoms with van der Waals surface area (Å²) in [6.45, 7) is 1.76. The van der Waals surface area contributed by atoms with E-state index in [1.807, 2.05) is 14.1 Å². The molecular formula is C9H19NO4. The highest BCUT2D eigenvalue weighted by molar-refractivity contribution is 4.92. The third-order valence-corrected chi connectivity index (χ3v) is 2.64. The summed E-state index contributed by atoms with van der Waals surface area (Å²) >= 11 is 0. The first-order valence-electron chi connectivity index (χ1n) is 4.70. The molecule has 1 aliphatic heterocycles. The summed E-state index contributed by atoms with van der Waals surface area (Å²) in [5.74, 6) is 0. The Morgan fingerprint density at radius 2 is 1.79 bits per heavy atom. The Balaban J connectivity index is 2.78. The molecule has 0 unspecified atom stereocenters. The van der Waals surface area contributed by atoms with Crippen LogP contribution in [0.5, 0.6) is 0 Å². The van der Waals surface area contributed by atoms with Crippen molar-refractivity contribution in [3.63, 3.8) is 0 Å². The molecule has 5 heteroatoms. The van der Waals surface area contributed by atoms with E-state index in [1.165, 1.54) is 7.11 Å². The first kappa shape index (κ1) is 11.9. The molecule has 0 bridgehead atoms. The molecule has 0 aromatic rings. The second kappa shape index (κ2) is 4.55. The maximum absolute atomic E-state index is 9.84. The number of hydrogen-bond donors (Lipinski definition) is 2. The zero-order valence-electron chi connectivity index (χ0n) is 9.04. The molecule has 0 aromatic heterocycles. The second-order valence-corrected chi connectivity index (χ2v) is 3.88. The maximum atomic E-state index is 9.84. The molecule has 0 aromatic carbocycles. The van der Waals surface area contributed by atoms with Gasteiger partial charge in [0.25, 0.3) is 0 Å². The van der Waals surface area contributed by atoms with Crippen molar-refractivity contribution in [2.45, 2.75) is 37.6 Å². The molecule has 1 rings (SSSR count). The van der Waals surface area contributed by atoms with Gasteiger partial charge in [0.2, 0.25) is 0 Å². The zero-order valence-corrected chi connectivity index (χ0v) is 9.04. The van der Waals surface area contributed by atoms with E-state index in [4.69, 9.17) is 9.47 Å². The van der Waals surface area contributed by atoms with Crippen molar-refractivity contribution in [1.29, 1.82) is 0 Å². The van der Waals surface area contributed by atoms with Gasteiger partial charge in [-0.15, -0.1) is 0 Å². The number of rotatable bonds is 2. The smallest absolute Gasteiger partial charge is 0.185 e. The number of nitrogens with zero attached hydrogens (tertiary/aromatic N) is 1. The van der Waals surface area contributed by atoms with Crippen LogP contribution in [0.1, 0.15) is 6.92 Å². The van der Waals surface area contributed by atoms with Gasteiger partial charge in [-0.2, -0.15) is 0 Å². The highest BCUT2D eigenvalue weighted by atomic mass is 16.7. The van der Waals surface area contributed by atoms with E-state index in [0.717, 1.165) is 0 Å². The number of ether oxygens (including phenoxy) is 2. The fourth-order valence-corrected chi connectivity index (χ4v) is 1.82. The molecule has 2 N–H and O–H groups in total. The summed E-state index contributed by atoms with van der Waals surface area (Å²) in [4.78, 5) is 1.78. The van der Waals surface area contributed by atoms with E-state index < -0.39 is 18.5 Å². The van der Waals surface area contributed by atoms with E-state index in [2.05, 4.69) is 0 Å². The minimum Gasteiger partial charge on any atom is -0.389 e. The van der Waals surface area contributed by atoms with Crippen molar-refractivity contribution in [3.05, 3.63) is 0 Å². The van der Waals surface area contributed by atoms with Gasteiger partial charge in [-0.3, -0.25) is 0 Å². The van der Waals surface area contributed by atoms with Gasteiger partial charge in [0.05, 0.1) is 18.2 Å². The van der Waals surface area contributed by atoms with Gasteiger partial charge in [-0.05, 0) is 21.0 Å². The maximum Gasteiger partial charge on any atom is 0.185 e. The summed E-state index contributed by atoms with van der Waals surface area (Å²) in [6, 6.07) is -0.358. The standard InChI is InChI=1S/C9H19NO4/c1-5-7(11)6(10(2)3)8(12)9(13-4)14-5/h5-9,11-12H,1-4H3/t5-,6-,7+,8-,9-/m0/s1. The Morgan fingerprint density at radius 3 is 2.21 bits per heavy atom. The molecule has 14 heavy (non-hydrogen) atoms. The zero-order chi connectivity index (χ0) is 10.9. The summed E-state index contributed by atoms with van der Waals surface area (Å²) in [6.07, 6.45) is -2.54. The fourth-order valence-electron chi connectivity index (χ4n) is 1.82. The van der Waals surface area contributed by atoms with Crippen molar-refractivity contribution < 1.29 is 19.7 Å². The van der Waals surface area contributed by atoms with Crippen LogP contribution in [0.3, 0.4) is 0 Å². The largest absolute Gasteiger partial charge is 0.389 e. The van der Waals surface area contributed by atoms with Crippen LogP contribution in [0.4, 0.5) is 0 Å². The minimum atomic E-state index is -0.832. The minimum absolute atomic E-state index is 0.337. The molecule has 5 nitrogen and oxygen atoms in total. The molecule has 0 radical (unpaired) electrons. The lowest BCUT2D eigenvalue weighted by Gasteiger charge is -2.43. The molecule has 1 aliphatic rings. The molecule has 5 atom stereocenters. The van der Waals surface area contributed by atoms with Crippen LogP contribution in [0.2, 0.25) is 0 Å². The normalized spacial score (nSPS) is 44.4. The lowest BCUT2D eigenvalue weighted by Crippen LogP contribution is -2.62. The Morgan fingerprint density at radius 1 is 1.21 bits per heavy atom. The van der Waals surface area contributed by atoms with Crippen molar-refractivity contribution in [3.8, 4) is 0 Å². The van der Waals surface area contributed by atoms with Crippen LogP contribution in [0.25, 0.3) is 0 Å². The van der Waals surface area contributed by atoms with Crippen LogP contribution in [-0.2, 0) is 9.47 Å². The number of hydrogen-bond acceptors (Lipinski definition) is 5. The first-order valence-corrected chi connectivity index (χ1v) is 4.70. The molecule has 84 valence electrons. The number of likely N-dealkylation sites (N-methyl/N-ethyl adjacent to an activating group) is 1. The molecule has 1 fully saturated rings. The summed E-state index contributed by atoms with van der Waals surface area (Å²) < 4.78 is 10.3. The van der Waals surface area contributed by atoms with Gasteiger partial charge >= 0.3 is 0 Å². The van der Waals surface area contributed by atoms with Gasteiger partial charge in [0, 0.05) is 7.11 Å². The van der Waals surface area contributed by atoms with Crippen LogP contribution < -0.4 is 0 Å². The van der Waals surface area contributed by atoms with E-state index >= 15 is 0 Å². The lowest BCUT2D eigenvalue weighted by atomic mass is 9.96. The molecule has 0 amide bonds. The molecule has 1 heterocycles. The van der Waals surface area contributed by atoms with Crippen LogP contribution in [0.15, 0.2) is 0 Å². The summed E-state index contributed by atoms with van der Waals surface area (Å²) in [5.41, 5.74) is 0. The third-order valence-electron chi connectivity index (χ3n) is 2.64. The van der Waals surface area contributed by atoms with Crippen molar-refractivity contribution in [1.82, 2.24) is 4.90 Å². The Labute approximate surface area is 84.2 Å². The molecular weight excluding hydrogens is 186 g/mol. The van der Waals surface area contributed by atoms with E-state index in [-0.39, 0.29) is 12.1 Å². The van der Waals surface area contributed by atoms with Gasteiger partial charge in [0.15, 0.2) is 6.29 Å². The van der Waals surface area contributed by atoms with E-state index in [1.54, 1.807) is 11.8 Å². The van der Waals surface area contributed by atoms with Crippen molar-refractivity contribution in [2.75, 3.05) is 21.2 Å². The summed E-state index contributed by atoms with van der Waals surface area (Å²) in [5, 5.41) is 19.6. The van der Waals surface area contributed by atoms with E-state index in [0.29, 0.717) is 0 Å². The molecule has 0 saturated carbocycles. The monoisotopic (exact) mass is 205 g/mol. The predicted molar refractivity (Wildman–Crippen MR) is 50.8 cm³/mol. The van der Waals surface area contributed by atoms with Gasteiger partial charge < -0.3 is 24.6 Å². The Bertz CT molecular complexity index is 188. The van der Waals surface area contributed by atoms with Gasteiger partial charge in [-0.1, -0.05) is 0 Å². The second-order valence-electron chi connectivity index (χ2n) is 3.88. The Hall–Kier alpha value is -0.200. The highest BCUT2D eigenvalue weighted by Crippen LogP contribution is 2.23. The average Bonchev–Trinajstić information content (AvgIpc) is 2.11. The predicted octanol–water partition coefficient (Wildman–Crippen LogP) is -0.970.